The number of benzene rings is 1. The fourth-order valence-corrected chi connectivity index (χ4v) is 2.34. The lowest BCUT2D eigenvalue weighted by Gasteiger charge is -2.24. The van der Waals surface area contributed by atoms with Gasteiger partial charge < -0.3 is 14.5 Å². The molecule has 0 radical (unpaired) electrons. The van der Waals surface area contributed by atoms with Gasteiger partial charge in [-0.25, -0.2) is 4.79 Å². The lowest BCUT2D eigenvalue weighted by molar-refractivity contribution is 0.0697. The van der Waals surface area contributed by atoms with Crippen molar-refractivity contribution in [2.45, 2.75) is 19.3 Å². The minimum Gasteiger partial charge on any atom is -0.478 e. The average molecular weight is 273 g/mol. The van der Waals surface area contributed by atoms with Crippen LogP contribution in [0.1, 0.15) is 29.6 Å². The van der Waals surface area contributed by atoms with Crippen molar-refractivity contribution < 1.29 is 14.4 Å². The van der Waals surface area contributed by atoms with Gasteiger partial charge in [0.25, 0.3) is 11.8 Å². The molecule has 6 heteroatoms. The van der Waals surface area contributed by atoms with Crippen molar-refractivity contribution in [3.63, 3.8) is 0 Å². The number of aromatic carboxylic acids is 1. The zero-order chi connectivity index (χ0) is 13.9. The third kappa shape index (κ3) is 2.49. The van der Waals surface area contributed by atoms with Crippen LogP contribution in [0.25, 0.3) is 11.5 Å². The monoisotopic (exact) mass is 273 g/mol. The highest BCUT2D eigenvalue weighted by atomic mass is 16.5. The number of piperidine rings is 1. The molecule has 1 N–H and O–H groups in total. The summed E-state index contributed by atoms with van der Waals surface area (Å²) >= 11 is 0. The standard InChI is InChI=1S/C14H15N3O3/c18-13(19)11-6-4-5-10(9-11)12-15-14(16-20-12)17-7-2-1-3-8-17/h4-6,9H,1-3,7-8H2,(H,18,19). The Labute approximate surface area is 116 Å². The third-order valence-electron chi connectivity index (χ3n) is 3.41. The summed E-state index contributed by atoms with van der Waals surface area (Å²) in [4.78, 5) is 17.4. The Morgan fingerprint density at radius 3 is 2.80 bits per heavy atom. The van der Waals surface area contributed by atoms with Gasteiger partial charge in [-0.05, 0) is 42.6 Å². The molecule has 0 aliphatic carbocycles. The first-order valence-corrected chi connectivity index (χ1v) is 6.66. The smallest absolute Gasteiger partial charge is 0.335 e. The van der Waals surface area contributed by atoms with Gasteiger partial charge in [-0.1, -0.05) is 6.07 Å². The molecule has 104 valence electrons. The van der Waals surface area contributed by atoms with E-state index < -0.39 is 5.97 Å². The minimum atomic E-state index is -0.970. The summed E-state index contributed by atoms with van der Waals surface area (Å²) in [5, 5.41) is 13.0. The average Bonchev–Trinajstić information content (AvgIpc) is 2.98. The van der Waals surface area contributed by atoms with E-state index in [2.05, 4.69) is 15.0 Å². The number of anilines is 1. The van der Waals surface area contributed by atoms with Gasteiger partial charge in [0.2, 0.25) is 0 Å². The molecule has 0 unspecified atom stereocenters. The molecule has 1 fully saturated rings. The summed E-state index contributed by atoms with van der Waals surface area (Å²) < 4.78 is 5.24. The Morgan fingerprint density at radius 1 is 1.25 bits per heavy atom. The van der Waals surface area contributed by atoms with Crippen molar-refractivity contribution in [1.29, 1.82) is 0 Å². The van der Waals surface area contributed by atoms with Crippen LogP contribution < -0.4 is 4.90 Å². The normalized spacial score (nSPS) is 15.3. The van der Waals surface area contributed by atoms with E-state index in [0.717, 1.165) is 25.9 Å². The second-order valence-corrected chi connectivity index (χ2v) is 4.83. The van der Waals surface area contributed by atoms with Crippen LogP contribution in [0.3, 0.4) is 0 Å². The molecule has 1 aromatic heterocycles. The van der Waals surface area contributed by atoms with Crippen molar-refractivity contribution in [1.82, 2.24) is 10.1 Å². The fourth-order valence-electron chi connectivity index (χ4n) is 2.34. The minimum absolute atomic E-state index is 0.209. The van der Waals surface area contributed by atoms with Gasteiger partial charge >= 0.3 is 5.97 Å². The van der Waals surface area contributed by atoms with Crippen molar-refractivity contribution in [3.05, 3.63) is 29.8 Å². The molecule has 20 heavy (non-hydrogen) atoms. The van der Waals surface area contributed by atoms with E-state index >= 15 is 0 Å². The van der Waals surface area contributed by atoms with Gasteiger partial charge in [-0.3, -0.25) is 0 Å². The zero-order valence-electron chi connectivity index (χ0n) is 11.0. The maximum absolute atomic E-state index is 11.0. The summed E-state index contributed by atoms with van der Waals surface area (Å²) in [6.07, 6.45) is 3.51. The van der Waals surface area contributed by atoms with E-state index in [4.69, 9.17) is 9.63 Å². The molecule has 1 aromatic carbocycles. The van der Waals surface area contributed by atoms with Crippen molar-refractivity contribution in [3.8, 4) is 11.5 Å². The molecule has 6 nitrogen and oxygen atoms in total. The summed E-state index contributed by atoms with van der Waals surface area (Å²) in [6.45, 7) is 1.88. The first-order valence-electron chi connectivity index (χ1n) is 6.66. The summed E-state index contributed by atoms with van der Waals surface area (Å²) in [7, 11) is 0. The van der Waals surface area contributed by atoms with Crippen LogP contribution in [-0.2, 0) is 0 Å². The molecular weight excluding hydrogens is 258 g/mol. The lowest BCUT2D eigenvalue weighted by atomic mass is 10.1. The Kier molecular flexibility index (Phi) is 3.37. The quantitative estimate of drug-likeness (QED) is 0.925. The molecule has 1 aliphatic rings. The van der Waals surface area contributed by atoms with Gasteiger partial charge in [0.1, 0.15) is 0 Å². The molecule has 1 saturated heterocycles. The van der Waals surface area contributed by atoms with Crippen LogP contribution in [0.2, 0.25) is 0 Å². The number of nitrogens with zero attached hydrogens (tertiary/aromatic N) is 3. The fraction of sp³-hybridized carbons (Fsp3) is 0.357. The van der Waals surface area contributed by atoms with Crippen LogP contribution >= 0.6 is 0 Å². The Balaban J connectivity index is 1.85. The van der Waals surface area contributed by atoms with Crippen molar-refractivity contribution in [2.24, 2.45) is 0 Å². The van der Waals surface area contributed by atoms with E-state index in [1.165, 1.54) is 18.6 Å². The number of hydrogen-bond acceptors (Lipinski definition) is 5. The number of carboxylic acid groups (broad SMARTS) is 1. The van der Waals surface area contributed by atoms with E-state index in [-0.39, 0.29) is 5.56 Å². The molecule has 3 rings (SSSR count). The highest BCUT2D eigenvalue weighted by Gasteiger charge is 2.18. The molecule has 2 aromatic rings. The van der Waals surface area contributed by atoms with Crippen LogP contribution in [-0.4, -0.2) is 34.3 Å². The number of carbonyl (C=O) groups is 1. The first-order chi connectivity index (χ1) is 9.74. The van der Waals surface area contributed by atoms with Gasteiger partial charge in [0.05, 0.1) is 5.56 Å². The van der Waals surface area contributed by atoms with Crippen LogP contribution in [0.4, 0.5) is 5.95 Å². The number of aromatic nitrogens is 2. The first kappa shape index (κ1) is 12.7. The molecule has 0 bridgehead atoms. The molecule has 0 amide bonds. The Morgan fingerprint density at radius 2 is 2.05 bits per heavy atom. The van der Waals surface area contributed by atoms with Crippen LogP contribution in [0.15, 0.2) is 28.8 Å². The SMILES string of the molecule is O=C(O)c1cccc(-c2nc(N3CCCCC3)no2)c1. The molecule has 0 atom stereocenters. The molecule has 1 aliphatic heterocycles. The molecule has 0 saturated carbocycles. The highest BCUT2D eigenvalue weighted by Crippen LogP contribution is 2.23. The third-order valence-corrected chi connectivity index (χ3v) is 3.41. The number of rotatable bonds is 3. The number of hydrogen-bond donors (Lipinski definition) is 1. The molecule has 0 spiro atoms. The number of carboxylic acids is 1. The maximum atomic E-state index is 11.0. The van der Waals surface area contributed by atoms with Crippen molar-refractivity contribution >= 4 is 11.9 Å². The lowest BCUT2D eigenvalue weighted by Crippen LogP contribution is -2.30. The van der Waals surface area contributed by atoms with Crippen molar-refractivity contribution in [2.75, 3.05) is 18.0 Å². The zero-order valence-corrected chi connectivity index (χ0v) is 11.0. The summed E-state index contributed by atoms with van der Waals surface area (Å²) in [5.41, 5.74) is 0.834. The van der Waals surface area contributed by atoms with E-state index in [1.807, 2.05) is 0 Å². The predicted molar refractivity (Wildman–Crippen MR) is 72.8 cm³/mol. The Hall–Kier alpha value is -2.37. The maximum Gasteiger partial charge on any atom is 0.335 e. The van der Waals surface area contributed by atoms with Gasteiger partial charge in [-0.2, -0.15) is 4.98 Å². The van der Waals surface area contributed by atoms with Crippen LogP contribution in [0, 0.1) is 0 Å². The summed E-state index contributed by atoms with van der Waals surface area (Å²) in [5.74, 6) is -0.0308. The second kappa shape index (κ2) is 5.32. The Bertz CT molecular complexity index is 618. The summed E-state index contributed by atoms with van der Waals surface area (Å²) in [6, 6.07) is 6.51. The highest BCUT2D eigenvalue weighted by molar-refractivity contribution is 5.88. The van der Waals surface area contributed by atoms with E-state index in [9.17, 15) is 4.79 Å². The molecular formula is C14H15N3O3. The van der Waals surface area contributed by atoms with Gasteiger partial charge in [0.15, 0.2) is 0 Å². The topological polar surface area (TPSA) is 79.5 Å². The van der Waals surface area contributed by atoms with E-state index in [1.54, 1.807) is 12.1 Å². The van der Waals surface area contributed by atoms with Gasteiger partial charge in [-0.15, -0.1) is 0 Å². The second-order valence-electron chi connectivity index (χ2n) is 4.83. The molecule has 2 heterocycles. The van der Waals surface area contributed by atoms with E-state index in [0.29, 0.717) is 17.4 Å². The largest absolute Gasteiger partial charge is 0.478 e. The van der Waals surface area contributed by atoms with Gasteiger partial charge in [0, 0.05) is 18.7 Å². The predicted octanol–water partition coefficient (Wildman–Crippen LogP) is 2.43. The van der Waals surface area contributed by atoms with Crippen LogP contribution in [0.5, 0.6) is 0 Å².